The van der Waals surface area contributed by atoms with Crippen molar-refractivity contribution in [3.05, 3.63) is 59.3 Å². The maximum absolute atomic E-state index is 13.9. The lowest BCUT2D eigenvalue weighted by Crippen LogP contribution is -2.44. The lowest BCUT2D eigenvalue weighted by atomic mass is 9.87. The Morgan fingerprint density at radius 3 is 2.32 bits per heavy atom. The molecule has 220 valence electrons. The number of rotatable bonds is 9. The predicted octanol–water partition coefficient (Wildman–Crippen LogP) is 5.28. The van der Waals surface area contributed by atoms with Gasteiger partial charge in [-0.1, -0.05) is 27.7 Å². The van der Waals surface area contributed by atoms with Crippen LogP contribution in [0.4, 0.5) is 5.82 Å². The fourth-order valence-corrected chi connectivity index (χ4v) is 6.05. The number of carbonyl (C=O) groups excluding carboxylic acids is 2. The SMILES string of the molecule is CC[C@@H](C)NC(=O)CN1C(=O)CS[C@H](c2cc(OC)ccc2OC)c2c(C(C)(C)C)nn(-c3ccc(OC)cc3)c21. The van der Waals surface area contributed by atoms with Crippen LogP contribution in [0.2, 0.25) is 0 Å². The van der Waals surface area contributed by atoms with E-state index in [0.717, 1.165) is 28.9 Å². The average molecular weight is 581 g/mol. The molecule has 1 aliphatic heterocycles. The monoisotopic (exact) mass is 580 g/mol. The minimum absolute atomic E-state index is 0.0103. The molecule has 9 nitrogen and oxygen atoms in total. The number of carbonyl (C=O) groups is 2. The maximum Gasteiger partial charge on any atom is 0.240 e. The Bertz CT molecular complexity index is 1400. The zero-order valence-corrected chi connectivity index (χ0v) is 25.9. The van der Waals surface area contributed by atoms with E-state index in [-0.39, 0.29) is 40.8 Å². The van der Waals surface area contributed by atoms with Crippen LogP contribution < -0.4 is 24.4 Å². The number of hydrogen-bond donors (Lipinski definition) is 1. The van der Waals surface area contributed by atoms with Gasteiger partial charge in [-0.05, 0) is 55.8 Å². The number of benzene rings is 2. The highest BCUT2D eigenvalue weighted by Crippen LogP contribution is 2.51. The number of amides is 2. The largest absolute Gasteiger partial charge is 0.497 e. The molecule has 0 spiro atoms. The lowest BCUT2D eigenvalue weighted by molar-refractivity contribution is -0.123. The molecule has 1 N–H and O–H groups in total. The molecular formula is C31H40N4O5S. The molecule has 1 aromatic heterocycles. The normalized spacial score (nSPS) is 16.0. The standard InChI is InChI=1S/C31H40N4O5S/c1-9-19(2)32-25(36)17-34-26(37)18-41-28(23-16-22(39-7)14-15-24(23)40-8)27-29(31(3,4)5)33-35(30(27)34)20-10-12-21(38-6)13-11-20/h10-16,19,28H,9,17-18H2,1-8H3,(H,32,36)/t19-,28-/m1/s1. The topological polar surface area (TPSA) is 94.9 Å². The van der Waals surface area contributed by atoms with Gasteiger partial charge in [-0.25, -0.2) is 4.68 Å². The zero-order valence-electron chi connectivity index (χ0n) is 25.1. The third-order valence-corrected chi connectivity index (χ3v) is 8.39. The van der Waals surface area contributed by atoms with E-state index >= 15 is 0 Å². The van der Waals surface area contributed by atoms with Gasteiger partial charge in [0.2, 0.25) is 11.8 Å². The predicted molar refractivity (Wildman–Crippen MR) is 163 cm³/mol. The minimum Gasteiger partial charge on any atom is -0.497 e. The number of hydrogen-bond acceptors (Lipinski definition) is 7. The van der Waals surface area contributed by atoms with Crippen LogP contribution >= 0.6 is 11.8 Å². The first-order chi connectivity index (χ1) is 19.5. The van der Waals surface area contributed by atoms with Gasteiger partial charge in [0.1, 0.15) is 29.6 Å². The molecule has 0 fully saturated rings. The molecule has 3 aromatic rings. The number of methoxy groups -OCH3 is 3. The molecular weight excluding hydrogens is 540 g/mol. The third-order valence-electron chi connectivity index (χ3n) is 7.16. The summed E-state index contributed by atoms with van der Waals surface area (Å²) in [5.41, 5.74) is 2.93. The van der Waals surface area contributed by atoms with Gasteiger partial charge in [-0.3, -0.25) is 14.5 Å². The van der Waals surface area contributed by atoms with Gasteiger partial charge >= 0.3 is 0 Å². The summed E-state index contributed by atoms with van der Waals surface area (Å²) in [7, 11) is 4.88. The van der Waals surface area contributed by atoms with E-state index in [1.165, 1.54) is 11.8 Å². The summed E-state index contributed by atoms with van der Waals surface area (Å²) in [4.78, 5) is 28.7. The zero-order chi connectivity index (χ0) is 29.9. The molecule has 4 rings (SSSR count). The van der Waals surface area contributed by atoms with E-state index in [4.69, 9.17) is 19.3 Å². The van der Waals surface area contributed by atoms with E-state index in [0.29, 0.717) is 23.1 Å². The summed E-state index contributed by atoms with van der Waals surface area (Å²) in [5.74, 6) is 2.42. The summed E-state index contributed by atoms with van der Waals surface area (Å²) >= 11 is 1.50. The van der Waals surface area contributed by atoms with Gasteiger partial charge < -0.3 is 19.5 Å². The minimum atomic E-state index is -0.384. The molecule has 2 amide bonds. The molecule has 41 heavy (non-hydrogen) atoms. The van der Waals surface area contributed by atoms with Crippen LogP contribution in [-0.2, 0) is 15.0 Å². The molecule has 0 saturated heterocycles. The Kier molecular flexibility index (Phi) is 9.21. The number of aromatic nitrogens is 2. The number of anilines is 1. The molecule has 0 radical (unpaired) electrons. The second-order valence-electron chi connectivity index (χ2n) is 11.1. The second kappa shape index (κ2) is 12.5. The molecule has 0 unspecified atom stereocenters. The number of nitrogens with one attached hydrogen (secondary N) is 1. The molecule has 1 aliphatic rings. The Balaban J connectivity index is 2.02. The molecule has 2 aromatic carbocycles. The Hall–Kier alpha value is -3.66. The smallest absolute Gasteiger partial charge is 0.240 e. The van der Waals surface area contributed by atoms with Crippen LogP contribution in [0.15, 0.2) is 42.5 Å². The van der Waals surface area contributed by atoms with Crippen LogP contribution in [-0.4, -0.2) is 61.3 Å². The summed E-state index contributed by atoms with van der Waals surface area (Å²) in [5, 5.41) is 7.84. The fourth-order valence-electron chi connectivity index (χ4n) is 4.83. The van der Waals surface area contributed by atoms with Crippen molar-refractivity contribution in [1.82, 2.24) is 15.1 Å². The van der Waals surface area contributed by atoms with Crippen molar-refractivity contribution in [1.29, 1.82) is 0 Å². The van der Waals surface area contributed by atoms with Crippen molar-refractivity contribution in [2.75, 3.05) is 38.5 Å². The molecule has 2 heterocycles. The van der Waals surface area contributed by atoms with Crippen LogP contribution in [0.1, 0.15) is 63.1 Å². The quantitative estimate of drug-likeness (QED) is 0.368. The Morgan fingerprint density at radius 2 is 1.73 bits per heavy atom. The van der Waals surface area contributed by atoms with Crippen LogP contribution in [0.5, 0.6) is 17.2 Å². The number of fused-ring (bicyclic) bond motifs is 1. The van der Waals surface area contributed by atoms with Gasteiger partial charge in [0.15, 0.2) is 0 Å². The van der Waals surface area contributed by atoms with Crippen molar-refractivity contribution in [3.8, 4) is 22.9 Å². The van der Waals surface area contributed by atoms with Crippen LogP contribution in [0.3, 0.4) is 0 Å². The first-order valence-corrected chi connectivity index (χ1v) is 14.8. The molecule has 0 bridgehead atoms. The highest BCUT2D eigenvalue weighted by atomic mass is 32.2. The average Bonchev–Trinajstić information content (AvgIpc) is 3.30. The van der Waals surface area contributed by atoms with E-state index < -0.39 is 0 Å². The molecule has 10 heteroatoms. The van der Waals surface area contributed by atoms with Crippen molar-refractivity contribution in [3.63, 3.8) is 0 Å². The Morgan fingerprint density at radius 1 is 1.07 bits per heavy atom. The van der Waals surface area contributed by atoms with E-state index in [2.05, 4.69) is 26.1 Å². The van der Waals surface area contributed by atoms with Crippen molar-refractivity contribution >= 4 is 29.4 Å². The van der Waals surface area contributed by atoms with Crippen LogP contribution in [0, 0.1) is 0 Å². The summed E-state index contributed by atoms with van der Waals surface area (Å²) < 4.78 is 18.5. The van der Waals surface area contributed by atoms with E-state index in [1.54, 1.807) is 30.9 Å². The first kappa shape index (κ1) is 30.3. The number of nitrogens with zero attached hydrogens (tertiary/aromatic N) is 3. The van der Waals surface area contributed by atoms with Gasteiger partial charge in [0, 0.05) is 22.6 Å². The van der Waals surface area contributed by atoms with Crippen molar-refractivity contribution in [2.24, 2.45) is 0 Å². The Labute approximate surface area is 246 Å². The number of thioether (sulfide) groups is 1. The van der Waals surface area contributed by atoms with Crippen molar-refractivity contribution in [2.45, 2.75) is 57.7 Å². The first-order valence-electron chi connectivity index (χ1n) is 13.7. The fraction of sp³-hybridized carbons (Fsp3) is 0.452. The highest BCUT2D eigenvalue weighted by Gasteiger charge is 2.41. The van der Waals surface area contributed by atoms with Gasteiger partial charge in [0.25, 0.3) is 0 Å². The van der Waals surface area contributed by atoms with Crippen molar-refractivity contribution < 1.29 is 23.8 Å². The van der Waals surface area contributed by atoms with Crippen LogP contribution in [0.25, 0.3) is 5.69 Å². The summed E-state index contributed by atoms with van der Waals surface area (Å²) in [6.07, 6.45) is 0.788. The van der Waals surface area contributed by atoms with Gasteiger partial charge in [0.05, 0.1) is 43.7 Å². The second-order valence-corrected chi connectivity index (χ2v) is 12.2. The maximum atomic E-state index is 13.9. The molecule has 0 aliphatic carbocycles. The summed E-state index contributed by atoms with van der Waals surface area (Å²) in [6.45, 7) is 10.1. The molecule has 0 saturated carbocycles. The third kappa shape index (κ3) is 6.32. The van der Waals surface area contributed by atoms with Gasteiger partial charge in [-0.15, -0.1) is 11.8 Å². The lowest BCUT2D eigenvalue weighted by Gasteiger charge is -2.25. The van der Waals surface area contributed by atoms with Gasteiger partial charge in [-0.2, -0.15) is 5.10 Å². The highest BCUT2D eigenvalue weighted by molar-refractivity contribution is 8.00. The van der Waals surface area contributed by atoms with E-state index in [1.807, 2.05) is 56.3 Å². The molecule has 2 atom stereocenters. The van der Waals surface area contributed by atoms with E-state index in [9.17, 15) is 9.59 Å². The summed E-state index contributed by atoms with van der Waals surface area (Å²) in [6, 6.07) is 13.2. The number of ether oxygens (including phenoxy) is 3.